The first kappa shape index (κ1) is 18.2. The fourth-order valence-electron chi connectivity index (χ4n) is 2.64. The quantitative estimate of drug-likeness (QED) is 0.897. The summed E-state index contributed by atoms with van der Waals surface area (Å²) in [5, 5.41) is 6.18. The Kier molecular flexibility index (Phi) is 6.17. The van der Waals surface area contributed by atoms with Crippen molar-refractivity contribution in [1.29, 1.82) is 0 Å². The largest absolute Gasteiger partial charge is 0.368 e. The predicted octanol–water partition coefficient (Wildman–Crippen LogP) is 2.78. The summed E-state index contributed by atoms with van der Waals surface area (Å²) in [6.07, 6.45) is 1.82. The number of piperazine rings is 1. The summed E-state index contributed by atoms with van der Waals surface area (Å²) in [5.41, 5.74) is 4.04. The van der Waals surface area contributed by atoms with Crippen molar-refractivity contribution in [2.24, 2.45) is 0 Å². The number of hydrogen-bond donors (Lipinski definition) is 2. The second-order valence-electron chi connectivity index (χ2n) is 5.89. The van der Waals surface area contributed by atoms with Crippen LogP contribution < -0.4 is 15.5 Å². The normalized spacial score (nSPS) is 14.0. The van der Waals surface area contributed by atoms with E-state index < -0.39 is 0 Å². The average molecular weight is 347 g/mol. The Balaban J connectivity index is 0.00000208. The predicted molar refractivity (Wildman–Crippen MR) is 100 cm³/mol. The van der Waals surface area contributed by atoms with Crippen LogP contribution in [-0.4, -0.2) is 37.1 Å². The van der Waals surface area contributed by atoms with Gasteiger partial charge in [-0.2, -0.15) is 0 Å². The molecule has 24 heavy (non-hydrogen) atoms. The van der Waals surface area contributed by atoms with Gasteiger partial charge < -0.3 is 15.5 Å². The molecule has 2 aromatic rings. The van der Waals surface area contributed by atoms with Crippen molar-refractivity contribution >= 4 is 29.8 Å². The molecule has 2 N–H and O–H groups in total. The maximum Gasteiger partial charge on any atom is 0.256 e. The van der Waals surface area contributed by atoms with E-state index in [1.54, 1.807) is 0 Å². The monoisotopic (exact) mass is 346 g/mol. The van der Waals surface area contributed by atoms with Gasteiger partial charge in [0.15, 0.2) is 0 Å². The van der Waals surface area contributed by atoms with Gasteiger partial charge in [0.25, 0.3) is 5.91 Å². The van der Waals surface area contributed by atoms with Gasteiger partial charge in [-0.25, -0.2) is 4.98 Å². The van der Waals surface area contributed by atoms with E-state index in [1.807, 2.05) is 50.4 Å². The van der Waals surface area contributed by atoms with Crippen LogP contribution in [0.5, 0.6) is 0 Å². The topological polar surface area (TPSA) is 57.3 Å². The lowest BCUT2D eigenvalue weighted by Gasteiger charge is -2.29. The minimum atomic E-state index is -0.129. The highest BCUT2D eigenvalue weighted by Gasteiger charge is 2.12. The number of aryl methyl sites for hydroxylation is 2. The van der Waals surface area contributed by atoms with E-state index in [9.17, 15) is 4.79 Å². The average Bonchev–Trinajstić information content (AvgIpc) is 2.59. The maximum absolute atomic E-state index is 12.3. The summed E-state index contributed by atoms with van der Waals surface area (Å²) in [6.45, 7) is 7.99. The van der Waals surface area contributed by atoms with Gasteiger partial charge in [-0.1, -0.05) is 6.07 Å². The second-order valence-corrected chi connectivity index (χ2v) is 5.89. The Morgan fingerprint density at radius 3 is 2.50 bits per heavy atom. The molecule has 0 radical (unpaired) electrons. The van der Waals surface area contributed by atoms with Crippen LogP contribution in [0.1, 0.15) is 21.5 Å². The fourth-order valence-corrected chi connectivity index (χ4v) is 2.64. The zero-order valence-corrected chi connectivity index (χ0v) is 14.8. The highest BCUT2D eigenvalue weighted by Crippen LogP contribution is 2.17. The Morgan fingerprint density at radius 2 is 1.88 bits per heavy atom. The molecule has 0 atom stereocenters. The van der Waals surface area contributed by atoms with Crippen molar-refractivity contribution in [2.75, 3.05) is 36.4 Å². The summed E-state index contributed by atoms with van der Waals surface area (Å²) >= 11 is 0. The number of aromatic nitrogens is 1. The Bertz CT molecular complexity index is 697. The first-order chi connectivity index (χ1) is 11.1. The van der Waals surface area contributed by atoms with Crippen molar-refractivity contribution in [3.8, 4) is 0 Å². The van der Waals surface area contributed by atoms with E-state index in [0.29, 0.717) is 11.4 Å². The molecule has 1 fully saturated rings. The molecule has 3 rings (SSSR count). The molecule has 1 aromatic carbocycles. The maximum atomic E-state index is 12.3. The highest BCUT2D eigenvalue weighted by molar-refractivity contribution is 6.03. The van der Waals surface area contributed by atoms with Crippen LogP contribution in [0.25, 0.3) is 0 Å². The molecule has 0 bridgehead atoms. The minimum absolute atomic E-state index is 0. The molecule has 6 heteroatoms. The minimum Gasteiger partial charge on any atom is -0.368 e. The molecule has 1 amide bonds. The van der Waals surface area contributed by atoms with Crippen LogP contribution >= 0.6 is 12.4 Å². The summed E-state index contributed by atoms with van der Waals surface area (Å²) in [7, 11) is 0. The zero-order chi connectivity index (χ0) is 16.2. The molecule has 0 aliphatic carbocycles. The molecular formula is C18H23ClN4O. The van der Waals surface area contributed by atoms with E-state index in [1.165, 1.54) is 5.56 Å². The molecule has 2 heterocycles. The van der Waals surface area contributed by atoms with Crippen molar-refractivity contribution in [3.05, 3.63) is 53.2 Å². The van der Waals surface area contributed by atoms with Gasteiger partial charge in [0.05, 0.1) is 11.9 Å². The number of nitrogens with zero attached hydrogens (tertiary/aromatic N) is 2. The van der Waals surface area contributed by atoms with Crippen molar-refractivity contribution in [2.45, 2.75) is 13.8 Å². The summed E-state index contributed by atoms with van der Waals surface area (Å²) in [5.74, 6) is 0.447. The number of carbonyl (C=O) groups is 1. The van der Waals surface area contributed by atoms with Crippen molar-refractivity contribution in [3.63, 3.8) is 0 Å². The standard InChI is InChI=1S/C18H22N4O.ClH/c1-13-3-4-15(11-14(13)2)18(23)21-17-6-5-16(12-20-17)22-9-7-19-8-10-22;/h3-6,11-12,19H,7-10H2,1-2H3,(H,20,21,23);1H. The van der Waals surface area contributed by atoms with Gasteiger partial charge in [0.2, 0.25) is 0 Å². The zero-order valence-electron chi connectivity index (χ0n) is 14.0. The molecule has 0 spiro atoms. The third-order valence-electron chi connectivity index (χ3n) is 4.24. The number of amides is 1. The summed E-state index contributed by atoms with van der Waals surface area (Å²) in [4.78, 5) is 18.9. The number of benzene rings is 1. The number of hydrogen-bond acceptors (Lipinski definition) is 4. The lowest BCUT2D eigenvalue weighted by Crippen LogP contribution is -2.43. The lowest BCUT2D eigenvalue weighted by molar-refractivity contribution is 0.102. The van der Waals surface area contributed by atoms with Gasteiger partial charge in [0.1, 0.15) is 5.82 Å². The molecule has 1 aliphatic heterocycles. The number of nitrogens with one attached hydrogen (secondary N) is 2. The number of carbonyl (C=O) groups excluding carboxylic acids is 1. The first-order valence-corrected chi connectivity index (χ1v) is 7.94. The second kappa shape index (κ2) is 8.13. The molecule has 1 aromatic heterocycles. The van der Waals surface area contributed by atoms with Gasteiger partial charge >= 0.3 is 0 Å². The van der Waals surface area contributed by atoms with E-state index >= 15 is 0 Å². The van der Waals surface area contributed by atoms with Crippen LogP contribution in [0.4, 0.5) is 11.5 Å². The number of rotatable bonds is 3. The van der Waals surface area contributed by atoms with Gasteiger partial charge in [0, 0.05) is 31.7 Å². The smallest absolute Gasteiger partial charge is 0.256 e. The third-order valence-corrected chi connectivity index (χ3v) is 4.24. The van der Waals surface area contributed by atoms with Crippen LogP contribution in [0, 0.1) is 13.8 Å². The third kappa shape index (κ3) is 4.24. The van der Waals surface area contributed by atoms with Gasteiger partial charge in [-0.15, -0.1) is 12.4 Å². The highest BCUT2D eigenvalue weighted by atomic mass is 35.5. The van der Waals surface area contributed by atoms with E-state index in [4.69, 9.17) is 0 Å². The van der Waals surface area contributed by atoms with Gasteiger partial charge in [-0.3, -0.25) is 4.79 Å². The van der Waals surface area contributed by atoms with Crippen LogP contribution in [0.3, 0.4) is 0 Å². The number of halogens is 1. The number of pyridine rings is 1. The Hall–Kier alpha value is -2.11. The summed E-state index contributed by atoms with van der Waals surface area (Å²) in [6, 6.07) is 9.57. The lowest BCUT2D eigenvalue weighted by atomic mass is 10.1. The number of anilines is 2. The van der Waals surface area contributed by atoms with Gasteiger partial charge in [-0.05, 0) is 49.2 Å². The van der Waals surface area contributed by atoms with Crippen molar-refractivity contribution in [1.82, 2.24) is 10.3 Å². The SMILES string of the molecule is Cc1ccc(C(=O)Nc2ccc(N3CCNCC3)cn2)cc1C.Cl. The fraction of sp³-hybridized carbons (Fsp3) is 0.333. The molecule has 1 aliphatic rings. The molecule has 1 saturated heterocycles. The van der Waals surface area contributed by atoms with E-state index in [2.05, 4.69) is 20.5 Å². The molecule has 5 nitrogen and oxygen atoms in total. The molecular weight excluding hydrogens is 324 g/mol. The van der Waals surface area contributed by atoms with Crippen molar-refractivity contribution < 1.29 is 4.79 Å². The van der Waals surface area contributed by atoms with E-state index in [0.717, 1.165) is 37.4 Å². The molecule has 0 unspecified atom stereocenters. The van der Waals surface area contributed by atoms with E-state index in [-0.39, 0.29) is 18.3 Å². The molecule has 0 saturated carbocycles. The van der Waals surface area contributed by atoms with Crippen LogP contribution in [0.15, 0.2) is 36.5 Å². The van der Waals surface area contributed by atoms with Crippen LogP contribution in [-0.2, 0) is 0 Å². The van der Waals surface area contributed by atoms with Crippen LogP contribution in [0.2, 0.25) is 0 Å². The summed E-state index contributed by atoms with van der Waals surface area (Å²) < 4.78 is 0. The first-order valence-electron chi connectivity index (χ1n) is 7.94. The Morgan fingerprint density at radius 1 is 1.12 bits per heavy atom. The molecule has 128 valence electrons. The Labute approximate surface area is 148 Å².